The van der Waals surface area contributed by atoms with Gasteiger partial charge in [-0.25, -0.2) is 0 Å². The van der Waals surface area contributed by atoms with Crippen LogP contribution in [0.2, 0.25) is 0 Å². The minimum atomic E-state index is -0.404. The average molecular weight is 216 g/mol. The van der Waals surface area contributed by atoms with Crippen LogP contribution in [0.25, 0.3) is 0 Å². The fourth-order valence-corrected chi connectivity index (χ4v) is 1.24. The molecule has 1 amide bonds. The standard InChI is InChI=1S/C11H24N2O2/c1-5-6-9(12)8-13-10(14)7-11(2,3)15-4/h9H,5-8,12H2,1-4H3,(H,13,14). The molecule has 15 heavy (non-hydrogen) atoms. The molecule has 3 N–H and O–H groups in total. The van der Waals surface area contributed by atoms with Gasteiger partial charge in [-0.2, -0.15) is 0 Å². The van der Waals surface area contributed by atoms with Crippen molar-refractivity contribution in [1.29, 1.82) is 0 Å². The van der Waals surface area contributed by atoms with Gasteiger partial charge in [0.05, 0.1) is 12.0 Å². The SMILES string of the molecule is CCCC(N)CNC(=O)CC(C)(C)OC. The van der Waals surface area contributed by atoms with Crippen LogP contribution in [-0.2, 0) is 9.53 Å². The summed E-state index contributed by atoms with van der Waals surface area (Å²) >= 11 is 0. The summed E-state index contributed by atoms with van der Waals surface area (Å²) in [7, 11) is 1.61. The van der Waals surface area contributed by atoms with E-state index in [1.165, 1.54) is 0 Å². The third-order valence-corrected chi connectivity index (χ3v) is 2.36. The van der Waals surface area contributed by atoms with Crippen LogP contribution in [0.1, 0.15) is 40.0 Å². The zero-order valence-electron chi connectivity index (χ0n) is 10.3. The molecule has 0 aromatic carbocycles. The van der Waals surface area contributed by atoms with Gasteiger partial charge in [0.2, 0.25) is 5.91 Å². The molecule has 0 rings (SSSR count). The molecular weight excluding hydrogens is 192 g/mol. The minimum absolute atomic E-state index is 0.00611. The second-order valence-corrected chi connectivity index (χ2v) is 4.49. The maximum Gasteiger partial charge on any atom is 0.222 e. The number of hydrogen-bond donors (Lipinski definition) is 2. The van der Waals surface area contributed by atoms with Gasteiger partial charge >= 0.3 is 0 Å². The Morgan fingerprint density at radius 3 is 2.60 bits per heavy atom. The van der Waals surface area contributed by atoms with Crippen LogP contribution in [0, 0.1) is 0 Å². The van der Waals surface area contributed by atoms with Crippen LogP contribution >= 0.6 is 0 Å². The van der Waals surface area contributed by atoms with Crippen LogP contribution < -0.4 is 11.1 Å². The summed E-state index contributed by atoms with van der Waals surface area (Å²) < 4.78 is 5.17. The fraction of sp³-hybridized carbons (Fsp3) is 0.909. The first-order valence-electron chi connectivity index (χ1n) is 5.48. The lowest BCUT2D eigenvalue weighted by Gasteiger charge is -2.22. The second kappa shape index (κ2) is 6.80. The Labute approximate surface area is 92.6 Å². The summed E-state index contributed by atoms with van der Waals surface area (Å²) in [6, 6.07) is 0.0598. The van der Waals surface area contributed by atoms with Gasteiger partial charge in [0.15, 0.2) is 0 Å². The van der Waals surface area contributed by atoms with Crippen LogP contribution in [0.3, 0.4) is 0 Å². The molecule has 0 spiro atoms. The molecule has 0 aromatic heterocycles. The fourth-order valence-electron chi connectivity index (χ4n) is 1.24. The van der Waals surface area contributed by atoms with E-state index in [1.807, 2.05) is 13.8 Å². The molecule has 4 heteroatoms. The van der Waals surface area contributed by atoms with E-state index in [4.69, 9.17) is 10.5 Å². The van der Waals surface area contributed by atoms with Crippen molar-refractivity contribution in [2.45, 2.75) is 51.7 Å². The van der Waals surface area contributed by atoms with E-state index in [1.54, 1.807) is 7.11 Å². The minimum Gasteiger partial charge on any atom is -0.378 e. The number of carbonyl (C=O) groups is 1. The second-order valence-electron chi connectivity index (χ2n) is 4.49. The van der Waals surface area contributed by atoms with E-state index < -0.39 is 5.60 Å². The Balaban J connectivity index is 3.75. The van der Waals surface area contributed by atoms with Gasteiger partial charge in [-0.15, -0.1) is 0 Å². The number of ether oxygens (including phenoxy) is 1. The summed E-state index contributed by atoms with van der Waals surface area (Å²) in [5, 5.41) is 2.81. The smallest absolute Gasteiger partial charge is 0.222 e. The molecule has 0 heterocycles. The van der Waals surface area contributed by atoms with Gasteiger partial charge in [-0.3, -0.25) is 4.79 Å². The first-order chi connectivity index (χ1) is 6.91. The molecule has 0 saturated heterocycles. The predicted molar refractivity (Wildman–Crippen MR) is 61.6 cm³/mol. The van der Waals surface area contributed by atoms with Crippen molar-refractivity contribution in [2.24, 2.45) is 5.73 Å². The molecule has 0 aliphatic carbocycles. The zero-order chi connectivity index (χ0) is 11.9. The van der Waals surface area contributed by atoms with E-state index in [-0.39, 0.29) is 11.9 Å². The normalized spacial score (nSPS) is 13.7. The molecular formula is C11H24N2O2. The van der Waals surface area contributed by atoms with Crippen molar-refractivity contribution in [1.82, 2.24) is 5.32 Å². The Morgan fingerprint density at radius 1 is 1.53 bits per heavy atom. The van der Waals surface area contributed by atoms with E-state index >= 15 is 0 Å². The van der Waals surface area contributed by atoms with E-state index in [0.29, 0.717) is 13.0 Å². The number of hydrogen-bond acceptors (Lipinski definition) is 3. The lowest BCUT2D eigenvalue weighted by atomic mass is 10.0. The van der Waals surface area contributed by atoms with Crippen LogP contribution in [0.4, 0.5) is 0 Å². The van der Waals surface area contributed by atoms with Gasteiger partial charge in [0.25, 0.3) is 0 Å². The van der Waals surface area contributed by atoms with Crippen molar-refractivity contribution in [3.05, 3.63) is 0 Å². The number of amides is 1. The topological polar surface area (TPSA) is 64.3 Å². The quantitative estimate of drug-likeness (QED) is 0.668. The summed E-state index contributed by atoms with van der Waals surface area (Å²) in [5.41, 5.74) is 5.38. The number of nitrogens with two attached hydrogens (primary N) is 1. The third-order valence-electron chi connectivity index (χ3n) is 2.36. The highest BCUT2D eigenvalue weighted by atomic mass is 16.5. The first-order valence-corrected chi connectivity index (χ1v) is 5.48. The van der Waals surface area contributed by atoms with Gasteiger partial charge < -0.3 is 15.8 Å². The van der Waals surface area contributed by atoms with Crippen LogP contribution in [0.15, 0.2) is 0 Å². The summed E-state index contributed by atoms with van der Waals surface area (Å²) in [6.07, 6.45) is 2.34. The van der Waals surface area contributed by atoms with E-state index in [9.17, 15) is 4.79 Å². The van der Waals surface area contributed by atoms with Crippen molar-refractivity contribution in [2.75, 3.05) is 13.7 Å². The molecule has 1 unspecified atom stereocenters. The first kappa shape index (κ1) is 14.4. The Hall–Kier alpha value is -0.610. The zero-order valence-corrected chi connectivity index (χ0v) is 10.3. The molecule has 0 bridgehead atoms. The number of methoxy groups -OCH3 is 1. The van der Waals surface area contributed by atoms with Crippen molar-refractivity contribution in [3.8, 4) is 0 Å². The molecule has 1 atom stereocenters. The average Bonchev–Trinajstić information content (AvgIpc) is 2.15. The molecule has 0 fully saturated rings. The summed E-state index contributed by atoms with van der Waals surface area (Å²) in [4.78, 5) is 11.5. The van der Waals surface area contributed by atoms with E-state index in [0.717, 1.165) is 12.8 Å². The molecule has 4 nitrogen and oxygen atoms in total. The monoisotopic (exact) mass is 216 g/mol. The maximum absolute atomic E-state index is 11.5. The molecule has 0 aliphatic heterocycles. The van der Waals surface area contributed by atoms with Crippen molar-refractivity contribution >= 4 is 5.91 Å². The van der Waals surface area contributed by atoms with E-state index in [2.05, 4.69) is 12.2 Å². The maximum atomic E-state index is 11.5. The largest absolute Gasteiger partial charge is 0.378 e. The predicted octanol–water partition coefficient (Wildman–Crippen LogP) is 1.05. The summed E-state index contributed by atoms with van der Waals surface area (Å²) in [6.45, 7) is 6.40. The van der Waals surface area contributed by atoms with Gasteiger partial charge in [-0.1, -0.05) is 13.3 Å². The Morgan fingerprint density at radius 2 is 2.13 bits per heavy atom. The Kier molecular flexibility index (Phi) is 6.52. The molecule has 0 saturated carbocycles. The lowest BCUT2D eigenvalue weighted by Crippen LogP contribution is -2.40. The van der Waals surface area contributed by atoms with Crippen molar-refractivity contribution in [3.63, 3.8) is 0 Å². The summed E-state index contributed by atoms with van der Waals surface area (Å²) in [5.74, 6) is -0.00611. The highest BCUT2D eigenvalue weighted by Crippen LogP contribution is 2.12. The van der Waals surface area contributed by atoms with Crippen LogP contribution in [-0.4, -0.2) is 31.2 Å². The third kappa shape index (κ3) is 7.33. The molecule has 0 radical (unpaired) electrons. The molecule has 90 valence electrons. The van der Waals surface area contributed by atoms with Crippen LogP contribution in [0.5, 0.6) is 0 Å². The van der Waals surface area contributed by atoms with Gasteiger partial charge in [0.1, 0.15) is 0 Å². The Bertz CT molecular complexity index is 193. The lowest BCUT2D eigenvalue weighted by molar-refractivity contribution is -0.126. The number of nitrogens with one attached hydrogen (secondary N) is 1. The molecule has 0 aliphatic rings. The number of carbonyl (C=O) groups excluding carboxylic acids is 1. The van der Waals surface area contributed by atoms with Gasteiger partial charge in [-0.05, 0) is 20.3 Å². The molecule has 0 aromatic rings. The highest BCUT2D eigenvalue weighted by molar-refractivity contribution is 5.76. The number of rotatable bonds is 7. The van der Waals surface area contributed by atoms with Gasteiger partial charge in [0, 0.05) is 19.7 Å². The highest BCUT2D eigenvalue weighted by Gasteiger charge is 2.20. The van der Waals surface area contributed by atoms with Crippen molar-refractivity contribution < 1.29 is 9.53 Å².